The van der Waals surface area contributed by atoms with Gasteiger partial charge in [0.1, 0.15) is 0 Å². The highest BCUT2D eigenvalue weighted by Gasteiger charge is 2.14. The number of esters is 2. The van der Waals surface area contributed by atoms with Crippen LogP contribution in [0.1, 0.15) is 26.7 Å². The molecule has 0 aliphatic heterocycles. The largest absolute Gasteiger partial charge is 0.466 e. The fourth-order valence-electron chi connectivity index (χ4n) is 2.76. The number of nitrogens with zero attached hydrogens (tertiary/aromatic N) is 1. The number of rotatable bonds is 9. The zero-order chi connectivity index (χ0) is 18.1. The highest BCUT2D eigenvalue weighted by molar-refractivity contribution is 5.94. The SMILES string of the molecule is CCOC(=O)CCN(CCC(=O)OCC)c1cccc2ccccc12. The highest BCUT2D eigenvalue weighted by atomic mass is 16.5. The number of benzene rings is 2. The molecule has 134 valence electrons. The Labute approximate surface area is 148 Å². The molecule has 0 bridgehead atoms. The minimum Gasteiger partial charge on any atom is -0.466 e. The Kier molecular flexibility index (Phi) is 7.26. The third-order valence-electron chi connectivity index (χ3n) is 3.89. The van der Waals surface area contributed by atoms with Gasteiger partial charge in [0.05, 0.1) is 26.1 Å². The third kappa shape index (κ3) is 5.48. The maximum Gasteiger partial charge on any atom is 0.307 e. The fraction of sp³-hybridized carbons (Fsp3) is 0.400. The summed E-state index contributed by atoms with van der Waals surface area (Å²) in [6, 6.07) is 14.1. The maximum atomic E-state index is 11.7. The topological polar surface area (TPSA) is 55.8 Å². The molecule has 0 atom stereocenters. The molecule has 0 N–H and O–H groups in total. The van der Waals surface area contributed by atoms with Gasteiger partial charge in [0.15, 0.2) is 0 Å². The second-order valence-corrected chi connectivity index (χ2v) is 5.60. The predicted octanol–water partition coefficient (Wildman–Crippen LogP) is 3.55. The fourth-order valence-corrected chi connectivity index (χ4v) is 2.76. The van der Waals surface area contributed by atoms with Gasteiger partial charge in [0.2, 0.25) is 0 Å². The van der Waals surface area contributed by atoms with Crippen LogP contribution in [0, 0.1) is 0 Å². The molecule has 5 nitrogen and oxygen atoms in total. The lowest BCUT2D eigenvalue weighted by atomic mass is 10.1. The molecule has 0 fully saturated rings. The van der Waals surface area contributed by atoms with Crippen LogP contribution in [-0.4, -0.2) is 38.2 Å². The number of hydrogen-bond donors (Lipinski definition) is 0. The first-order valence-corrected chi connectivity index (χ1v) is 8.69. The van der Waals surface area contributed by atoms with Gasteiger partial charge in [0, 0.05) is 24.2 Å². The first-order chi connectivity index (χ1) is 12.2. The molecule has 2 aromatic rings. The van der Waals surface area contributed by atoms with Gasteiger partial charge in [-0.15, -0.1) is 0 Å². The number of hydrogen-bond acceptors (Lipinski definition) is 5. The first-order valence-electron chi connectivity index (χ1n) is 8.69. The Hall–Kier alpha value is -2.56. The molecule has 0 saturated heterocycles. The van der Waals surface area contributed by atoms with Crippen molar-refractivity contribution in [2.24, 2.45) is 0 Å². The predicted molar refractivity (Wildman–Crippen MR) is 98.7 cm³/mol. The Balaban J connectivity index is 2.19. The Morgan fingerprint density at radius 1 is 0.840 bits per heavy atom. The molecule has 0 unspecified atom stereocenters. The molecular formula is C20H25NO4. The van der Waals surface area contributed by atoms with Crippen molar-refractivity contribution in [3.63, 3.8) is 0 Å². The Bertz CT molecular complexity index is 686. The van der Waals surface area contributed by atoms with Crippen LogP contribution in [-0.2, 0) is 19.1 Å². The zero-order valence-electron chi connectivity index (χ0n) is 14.9. The van der Waals surface area contributed by atoms with E-state index in [1.165, 1.54) is 0 Å². The first kappa shape index (κ1) is 18.8. The lowest BCUT2D eigenvalue weighted by molar-refractivity contribution is -0.143. The van der Waals surface area contributed by atoms with Crippen LogP contribution in [0.25, 0.3) is 10.8 Å². The second kappa shape index (κ2) is 9.67. The van der Waals surface area contributed by atoms with Gasteiger partial charge < -0.3 is 14.4 Å². The standard InChI is InChI=1S/C20H25NO4/c1-3-24-19(22)12-14-21(15-13-20(23)25-4-2)18-11-7-9-16-8-5-6-10-17(16)18/h5-11H,3-4,12-15H2,1-2H3. The van der Waals surface area contributed by atoms with Gasteiger partial charge in [-0.1, -0.05) is 36.4 Å². The van der Waals surface area contributed by atoms with E-state index in [0.717, 1.165) is 16.5 Å². The number of carbonyl (C=O) groups is 2. The van der Waals surface area contributed by atoms with E-state index in [1.807, 2.05) is 42.5 Å². The number of anilines is 1. The molecule has 0 aromatic heterocycles. The third-order valence-corrected chi connectivity index (χ3v) is 3.89. The quantitative estimate of drug-likeness (QED) is 0.652. The van der Waals surface area contributed by atoms with Gasteiger partial charge in [-0.05, 0) is 25.3 Å². The van der Waals surface area contributed by atoms with E-state index in [-0.39, 0.29) is 24.8 Å². The average molecular weight is 343 g/mol. The van der Waals surface area contributed by atoms with Crippen LogP contribution in [0.3, 0.4) is 0 Å². The molecule has 0 spiro atoms. The molecule has 0 aliphatic carbocycles. The van der Waals surface area contributed by atoms with E-state index >= 15 is 0 Å². The normalized spacial score (nSPS) is 10.5. The van der Waals surface area contributed by atoms with Crippen molar-refractivity contribution in [1.29, 1.82) is 0 Å². The van der Waals surface area contributed by atoms with E-state index in [0.29, 0.717) is 26.3 Å². The van der Waals surface area contributed by atoms with Gasteiger partial charge in [-0.3, -0.25) is 9.59 Å². The molecule has 25 heavy (non-hydrogen) atoms. The smallest absolute Gasteiger partial charge is 0.307 e. The van der Waals surface area contributed by atoms with Crippen LogP contribution in [0.5, 0.6) is 0 Å². The van der Waals surface area contributed by atoms with E-state index in [1.54, 1.807) is 13.8 Å². The summed E-state index contributed by atoms with van der Waals surface area (Å²) in [7, 11) is 0. The van der Waals surface area contributed by atoms with Crippen molar-refractivity contribution in [1.82, 2.24) is 0 Å². The van der Waals surface area contributed by atoms with Crippen LogP contribution >= 0.6 is 0 Å². The second-order valence-electron chi connectivity index (χ2n) is 5.60. The summed E-state index contributed by atoms with van der Waals surface area (Å²) in [4.78, 5) is 25.5. The molecule has 0 saturated carbocycles. The average Bonchev–Trinajstić information content (AvgIpc) is 2.62. The summed E-state index contributed by atoms with van der Waals surface area (Å²) in [5, 5.41) is 2.22. The van der Waals surface area contributed by atoms with Crippen molar-refractivity contribution >= 4 is 28.4 Å². The molecule has 2 rings (SSSR count). The minimum absolute atomic E-state index is 0.233. The van der Waals surface area contributed by atoms with E-state index < -0.39 is 0 Å². The number of fused-ring (bicyclic) bond motifs is 1. The van der Waals surface area contributed by atoms with Crippen LogP contribution < -0.4 is 4.90 Å². The monoisotopic (exact) mass is 343 g/mol. The molecule has 2 aromatic carbocycles. The molecule has 0 amide bonds. The van der Waals surface area contributed by atoms with E-state index in [2.05, 4.69) is 4.90 Å². The van der Waals surface area contributed by atoms with Gasteiger partial charge in [-0.25, -0.2) is 0 Å². The summed E-state index contributed by atoms with van der Waals surface area (Å²) in [5.74, 6) is -0.465. The van der Waals surface area contributed by atoms with Gasteiger partial charge in [-0.2, -0.15) is 0 Å². The van der Waals surface area contributed by atoms with Crippen LogP contribution in [0.2, 0.25) is 0 Å². The summed E-state index contributed by atoms with van der Waals surface area (Å²) < 4.78 is 10.0. The lowest BCUT2D eigenvalue weighted by Gasteiger charge is -2.25. The zero-order valence-corrected chi connectivity index (χ0v) is 14.9. The molecule has 0 aliphatic rings. The Morgan fingerprint density at radius 3 is 2.00 bits per heavy atom. The highest BCUT2D eigenvalue weighted by Crippen LogP contribution is 2.27. The van der Waals surface area contributed by atoms with Crippen LogP contribution in [0.4, 0.5) is 5.69 Å². The maximum absolute atomic E-state index is 11.7. The Morgan fingerprint density at radius 2 is 1.40 bits per heavy atom. The summed E-state index contributed by atoms with van der Waals surface area (Å²) in [6.07, 6.45) is 0.555. The van der Waals surface area contributed by atoms with Gasteiger partial charge >= 0.3 is 11.9 Å². The minimum atomic E-state index is -0.233. The van der Waals surface area contributed by atoms with Crippen molar-refractivity contribution in [2.75, 3.05) is 31.2 Å². The van der Waals surface area contributed by atoms with Crippen LogP contribution in [0.15, 0.2) is 42.5 Å². The molecule has 5 heteroatoms. The summed E-state index contributed by atoms with van der Waals surface area (Å²) in [5.41, 5.74) is 1.01. The van der Waals surface area contributed by atoms with Crippen molar-refractivity contribution in [3.8, 4) is 0 Å². The lowest BCUT2D eigenvalue weighted by Crippen LogP contribution is -2.29. The van der Waals surface area contributed by atoms with Crippen molar-refractivity contribution < 1.29 is 19.1 Å². The van der Waals surface area contributed by atoms with Crippen molar-refractivity contribution in [3.05, 3.63) is 42.5 Å². The van der Waals surface area contributed by atoms with E-state index in [4.69, 9.17) is 9.47 Å². The van der Waals surface area contributed by atoms with Gasteiger partial charge in [0.25, 0.3) is 0 Å². The summed E-state index contributed by atoms with van der Waals surface area (Å²) in [6.45, 7) is 5.31. The number of carbonyl (C=O) groups excluding carboxylic acids is 2. The number of ether oxygens (including phenoxy) is 2. The molecule has 0 heterocycles. The van der Waals surface area contributed by atoms with Crippen molar-refractivity contribution in [2.45, 2.75) is 26.7 Å². The molecular weight excluding hydrogens is 318 g/mol. The summed E-state index contributed by atoms with van der Waals surface area (Å²) >= 11 is 0. The molecule has 0 radical (unpaired) electrons. The van der Waals surface area contributed by atoms with E-state index in [9.17, 15) is 9.59 Å².